The van der Waals surface area contributed by atoms with Gasteiger partial charge in [0, 0.05) is 19.4 Å². The molecular weight excluding hydrogens is 329 g/mol. The topological polar surface area (TPSA) is 46.9 Å². The van der Waals surface area contributed by atoms with Crippen LogP contribution in [0.25, 0.3) is 0 Å². The molecule has 0 spiro atoms. The van der Waals surface area contributed by atoms with Gasteiger partial charge in [-0.1, -0.05) is 41.9 Å². The summed E-state index contributed by atoms with van der Waals surface area (Å²) in [5.41, 5.74) is 1.10. The first kappa shape index (κ1) is 16.2. The van der Waals surface area contributed by atoms with Crippen molar-refractivity contribution in [2.24, 2.45) is 7.05 Å². The number of rotatable bonds is 4. The van der Waals surface area contributed by atoms with Crippen molar-refractivity contribution in [1.82, 2.24) is 14.9 Å². The number of imidazole rings is 1. The average Bonchev–Trinajstić information content (AvgIpc) is 2.99. The van der Waals surface area contributed by atoms with Crippen LogP contribution in [0.2, 0.25) is 5.02 Å². The van der Waals surface area contributed by atoms with E-state index in [4.69, 9.17) is 11.6 Å². The number of aromatic nitrogens is 2. The molecule has 1 atom stereocenters. The fourth-order valence-electron chi connectivity index (χ4n) is 2.48. The van der Waals surface area contributed by atoms with Crippen molar-refractivity contribution in [2.75, 3.05) is 0 Å². The molecule has 6 heteroatoms. The second kappa shape index (κ2) is 6.84. The summed E-state index contributed by atoms with van der Waals surface area (Å²) in [4.78, 5) is 16.9. The van der Waals surface area contributed by atoms with E-state index in [1.165, 1.54) is 12.1 Å². The summed E-state index contributed by atoms with van der Waals surface area (Å²) in [6.45, 7) is 0. The highest BCUT2D eigenvalue weighted by Gasteiger charge is 2.22. The SMILES string of the molecule is Cn1ccnc1C(NC(=O)c1ccc(F)cc1Cl)c1ccccc1. The van der Waals surface area contributed by atoms with Crippen LogP contribution in [-0.2, 0) is 7.05 Å². The Labute approximate surface area is 143 Å². The Morgan fingerprint density at radius 3 is 2.62 bits per heavy atom. The standard InChI is InChI=1S/C18H15ClFN3O/c1-23-10-9-21-17(23)16(12-5-3-2-4-6-12)22-18(24)14-8-7-13(20)11-15(14)19/h2-11,16H,1H3,(H,22,24). The maximum absolute atomic E-state index is 13.2. The molecule has 122 valence electrons. The average molecular weight is 344 g/mol. The van der Waals surface area contributed by atoms with Gasteiger partial charge in [-0.05, 0) is 23.8 Å². The van der Waals surface area contributed by atoms with Gasteiger partial charge in [-0.2, -0.15) is 0 Å². The van der Waals surface area contributed by atoms with Crippen LogP contribution >= 0.6 is 11.6 Å². The quantitative estimate of drug-likeness (QED) is 0.784. The first-order chi connectivity index (χ1) is 11.6. The van der Waals surface area contributed by atoms with Gasteiger partial charge >= 0.3 is 0 Å². The van der Waals surface area contributed by atoms with Gasteiger partial charge in [0.15, 0.2) is 0 Å². The van der Waals surface area contributed by atoms with Crippen LogP contribution in [0.15, 0.2) is 60.9 Å². The Morgan fingerprint density at radius 2 is 2.00 bits per heavy atom. The lowest BCUT2D eigenvalue weighted by atomic mass is 10.1. The van der Waals surface area contributed by atoms with Gasteiger partial charge in [0.25, 0.3) is 5.91 Å². The molecule has 0 aliphatic rings. The second-order valence-electron chi connectivity index (χ2n) is 5.34. The molecule has 0 aliphatic heterocycles. The molecule has 1 amide bonds. The van der Waals surface area contributed by atoms with Gasteiger partial charge in [-0.25, -0.2) is 9.37 Å². The normalized spacial score (nSPS) is 12.0. The lowest BCUT2D eigenvalue weighted by Gasteiger charge is -2.19. The van der Waals surface area contributed by atoms with Crippen LogP contribution in [0, 0.1) is 5.82 Å². The predicted molar refractivity (Wildman–Crippen MR) is 90.4 cm³/mol. The van der Waals surface area contributed by atoms with E-state index in [1.54, 1.807) is 6.20 Å². The van der Waals surface area contributed by atoms with Crippen molar-refractivity contribution in [2.45, 2.75) is 6.04 Å². The van der Waals surface area contributed by atoms with Crippen molar-refractivity contribution in [3.05, 3.63) is 88.7 Å². The minimum Gasteiger partial charge on any atom is -0.338 e. The Balaban J connectivity index is 1.95. The number of halogens is 2. The van der Waals surface area contributed by atoms with Gasteiger partial charge in [0.2, 0.25) is 0 Å². The van der Waals surface area contributed by atoms with Crippen molar-refractivity contribution in [1.29, 1.82) is 0 Å². The first-order valence-electron chi connectivity index (χ1n) is 7.34. The van der Waals surface area contributed by atoms with E-state index < -0.39 is 17.8 Å². The molecule has 1 heterocycles. The molecule has 0 fully saturated rings. The zero-order valence-electron chi connectivity index (χ0n) is 12.9. The van der Waals surface area contributed by atoms with Crippen molar-refractivity contribution in [3.8, 4) is 0 Å². The zero-order valence-corrected chi connectivity index (χ0v) is 13.7. The van der Waals surface area contributed by atoms with E-state index in [-0.39, 0.29) is 10.6 Å². The highest BCUT2D eigenvalue weighted by Crippen LogP contribution is 2.23. The largest absolute Gasteiger partial charge is 0.338 e. The molecule has 24 heavy (non-hydrogen) atoms. The number of nitrogens with one attached hydrogen (secondary N) is 1. The number of nitrogens with zero attached hydrogens (tertiary/aromatic N) is 2. The smallest absolute Gasteiger partial charge is 0.253 e. The lowest BCUT2D eigenvalue weighted by Crippen LogP contribution is -2.31. The highest BCUT2D eigenvalue weighted by molar-refractivity contribution is 6.33. The van der Waals surface area contributed by atoms with Crippen LogP contribution < -0.4 is 5.32 Å². The van der Waals surface area contributed by atoms with E-state index in [9.17, 15) is 9.18 Å². The molecule has 0 aliphatic carbocycles. The van der Waals surface area contributed by atoms with Crippen LogP contribution in [0.1, 0.15) is 27.8 Å². The Bertz CT molecular complexity index is 864. The summed E-state index contributed by atoms with van der Waals surface area (Å²) in [6.07, 6.45) is 3.48. The van der Waals surface area contributed by atoms with Gasteiger partial charge in [0.1, 0.15) is 17.7 Å². The number of aryl methyl sites for hydroxylation is 1. The highest BCUT2D eigenvalue weighted by atomic mass is 35.5. The molecule has 0 saturated carbocycles. The molecule has 4 nitrogen and oxygen atoms in total. The summed E-state index contributed by atoms with van der Waals surface area (Å²) >= 11 is 5.99. The third-order valence-corrected chi connectivity index (χ3v) is 4.01. The number of benzene rings is 2. The molecule has 3 rings (SSSR count). The molecule has 1 unspecified atom stereocenters. The molecule has 0 saturated heterocycles. The monoisotopic (exact) mass is 343 g/mol. The minimum absolute atomic E-state index is 0.0687. The third-order valence-electron chi connectivity index (χ3n) is 3.70. The number of hydrogen-bond acceptors (Lipinski definition) is 2. The Hall–Kier alpha value is -2.66. The molecule has 2 aromatic carbocycles. The molecule has 1 aromatic heterocycles. The summed E-state index contributed by atoms with van der Waals surface area (Å²) in [6, 6.07) is 12.8. The Kier molecular flexibility index (Phi) is 4.62. The fourth-order valence-corrected chi connectivity index (χ4v) is 2.73. The van der Waals surface area contributed by atoms with Crippen LogP contribution in [0.3, 0.4) is 0 Å². The fraction of sp³-hybridized carbons (Fsp3) is 0.111. The third kappa shape index (κ3) is 3.31. The van der Waals surface area contributed by atoms with Crippen LogP contribution in [0.5, 0.6) is 0 Å². The molecular formula is C18H15ClFN3O. The molecule has 1 N–H and O–H groups in total. The van der Waals surface area contributed by atoms with Gasteiger partial charge in [0.05, 0.1) is 10.6 Å². The van der Waals surface area contributed by atoms with E-state index in [2.05, 4.69) is 10.3 Å². The van der Waals surface area contributed by atoms with E-state index in [0.717, 1.165) is 11.6 Å². The summed E-state index contributed by atoms with van der Waals surface area (Å²) in [5, 5.41) is 2.99. The van der Waals surface area contributed by atoms with Crippen LogP contribution in [0.4, 0.5) is 4.39 Å². The van der Waals surface area contributed by atoms with E-state index in [1.807, 2.05) is 48.1 Å². The lowest BCUT2D eigenvalue weighted by molar-refractivity contribution is 0.0941. The maximum Gasteiger partial charge on any atom is 0.253 e. The molecule has 0 bridgehead atoms. The maximum atomic E-state index is 13.2. The van der Waals surface area contributed by atoms with Gasteiger partial charge in [-0.15, -0.1) is 0 Å². The minimum atomic E-state index is -0.486. The number of hydrogen-bond donors (Lipinski definition) is 1. The van der Waals surface area contributed by atoms with E-state index >= 15 is 0 Å². The summed E-state index contributed by atoms with van der Waals surface area (Å²) in [7, 11) is 1.86. The summed E-state index contributed by atoms with van der Waals surface area (Å²) < 4.78 is 15.0. The van der Waals surface area contributed by atoms with Gasteiger partial charge < -0.3 is 9.88 Å². The van der Waals surface area contributed by atoms with Crippen molar-refractivity contribution >= 4 is 17.5 Å². The second-order valence-corrected chi connectivity index (χ2v) is 5.74. The van der Waals surface area contributed by atoms with Crippen molar-refractivity contribution in [3.63, 3.8) is 0 Å². The summed E-state index contributed by atoms with van der Waals surface area (Å²) in [5.74, 6) is -0.190. The number of amides is 1. The molecule has 3 aromatic rings. The number of carbonyl (C=O) groups is 1. The first-order valence-corrected chi connectivity index (χ1v) is 7.72. The van der Waals surface area contributed by atoms with E-state index in [0.29, 0.717) is 5.82 Å². The van der Waals surface area contributed by atoms with Crippen LogP contribution in [-0.4, -0.2) is 15.5 Å². The van der Waals surface area contributed by atoms with Gasteiger partial charge in [-0.3, -0.25) is 4.79 Å². The number of carbonyl (C=O) groups excluding carboxylic acids is 1. The van der Waals surface area contributed by atoms with Crippen molar-refractivity contribution < 1.29 is 9.18 Å². The Morgan fingerprint density at radius 1 is 1.25 bits per heavy atom. The molecule has 0 radical (unpaired) electrons. The predicted octanol–water partition coefficient (Wildman–Crippen LogP) is 3.73. The zero-order chi connectivity index (χ0) is 17.1.